The Balaban J connectivity index is 1.36. The van der Waals surface area contributed by atoms with Crippen molar-refractivity contribution in [3.05, 3.63) is 107 Å². The largest absolute Gasteiger partial charge is 0.496 e. The number of benzene rings is 3. The van der Waals surface area contributed by atoms with Crippen LogP contribution in [-0.4, -0.2) is 30.6 Å². The predicted octanol–water partition coefficient (Wildman–Crippen LogP) is 5.20. The van der Waals surface area contributed by atoms with E-state index in [4.69, 9.17) is 14.5 Å². The van der Waals surface area contributed by atoms with Crippen molar-refractivity contribution in [2.75, 3.05) is 13.7 Å². The van der Waals surface area contributed by atoms with Crippen molar-refractivity contribution in [2.45, 2.75) is 19.4 Å². The van der Waals surface area contributed by atoms with Gasteiger partial charge in [-0.1, -0.05) is 66.7 Å². The van der Waals surface area contributed by atoms with Crippen LogP contribution in [0.5, 0.6) is 5.75 Å². The van der Waals surface area contributed by atoms with Gasteiger partial charge in [-0.15, -0.1) is 0 Å². The predicted molar refractivity (Wildman–Crippen MR) is 140 cm³/mol. The van der Waals surface area contributed by atoms with Gasteiger partial charge in [0.15, 0.2) is 6.61 Å². The summed E-state index contributed by atoms with van der Waals surface area (Å²) in [6, 6.07) is 25.1. The van der Waals surface area contributed by atoms with E-state index in [2.05, 4.69) is 11.4 Å². The van der Waals surface area contributed by atoms with Crippen LogP contribution in [0, 0.1) is 0 Å². The zero-order valence-corrected chi connectivity index (χ0v) is 20.0. The molecule has 4 aromatic rings. The number of nitrogens with one attached hydrogen (secondary N) is 1. The maximum atomic E-state index is 13.3. The summed E-state index contributed by atoms with van der Waals surface area (Å²) in [7, 11) is 1.58. The summed E-state index contributed by atoms with van der Waals surface area (Å²) >= 11 is 0. The second-order valence-electron chi connectivity index (χ2n) is 8.58. The van der Waals surface area contributed by atoms with Gasteiger partial charge < -0.3 is 14.8 Å². The molecule has 1 aliphatic carbocycles. The first-order valence-electron chi connectivity index (χ1n) is 11.9. The highest BCUT2D eigenvalue weighted by Gasteiger charge is 2.28. The van der Waals surface area contributed by atoms with Crippen LogP contribution >= 0.6 is 0 Å². The van der Waals surface area contributed by atoms with Crippen molar-refractivity contribution < 1.29 is 19.1 Å². The number of aromatic nitrogens is 1. The van der Waals surface area contributed by atoms with Gasteiger partial charge >= 0.3 is 5.97 Å². The number of nitrogens with zero attached hydrogens (tertiary/aromatic N) is 1. The standard InChI is InChI=1S/C30H26N2O4/c1-35-26-14-8-5-11-22(26)18-31-27(33)19-36-30(34)28-23-12-6-7-13-25(23)32-29-21(15-16-24(28)29)17-20-9-3-2-4-10-20/h2-14,17H,15-16,18-19H2,1H3,(H,31,33). The van der Waals surface area contributed by atoms with Crippen LogP contribution in [0.1, 0.15) is 39.2 Å². The lowest BCUT2D eigenvalue weighted by Gasteiger charge is -2.13. The summed E-state index contributed by atoms with van der Waals surface area (Å²) in [4.78, 5) is 30.6. The molecule has 1 N–H and O–H groups in total. The molecule has 1 amide bonds. The Morgan fingerprint density at radius 1 is 0.944 bits per heavy atom. The molecule has 0 radical (unpaired) electrons. The monoisotopic (exact) mass is 478 g/mol. The number of ether oxygens (including phenoxy) is 2. The Morgan fingerprint density at radius 3 is 2.53 bits per heavy atom. The SMILES string of the molecule is COc1ccccc1CNC(=O)COC(=O)c1c2c(nc3ccccc13)C(=Cc1ccccc1)CC2. The van der Waals surface area contributed by atoms with Crippen LogP contribution in [0.3, 0.4) is 0 Å². The van der Waals surface area contributed by atoms with Crippen molar-refractivity contribution in [3.63, 3.8) is 0 Å². The Hall–Kier alpha value is -4.45. The second kappa shape index (κ2) is 10.4. The Labute approximate surface area is 209 Å². The number of para-hydroxylation sites is 2. The Kier molecular flexibility index (Phi) is 6.76. The Morgan fingerprint density at radius 2 is 1.69 bits per heavy atom. The van der Waals surface area contributed by atoms with Crippen molar-refractivity contribution in [1.82, 2.24) is 10.3 Å². The minimum atomic E-state index is -0.516. The normalized spacial score (nSPS) is 13.4. The minimum absolute atomic E-state index is 0.279. The average Bonchev–Trinajstić information content (AvgIpc) is 3.31. The lowest BCUT2D eigenvalue weighted by atomic mass is 10.0. The molecule has 0 saturated heterocycles. The van der Waals surface area contributed by atoms with E-state index in [1.54, 1.807) is 7.11 Å². The van der Waals surface area contributed by atoms with Crippen molar-refractivity contribution in [1.29, 1.82) is 0 Å². The van der Waals surface area contributed by atoms with E-state index in [1.807, 2.05) is 78.9 Å². The van der Waals surface area contributed by atoms with Gasteiger partial charge in [0.2, 0.25) is 0 Å². The molecule has 0 aliphatic heterocycles. The summed E-state index contributed by atoms with van der Waals surface area (Å²) in [5.74, 6) is -0.208. The van der Waals surface area contributed by atoms with Gasteiger partial charge in [0.1, 0.15) is 5.75 Å². The fourth-order valence-corrected chi connectivity index (χ4v) is 4.56. The molecule has 1 heterocycles. The van der Waals surface area contributed by atoms with E-state index in [0.717, 1.165) is 45.3 Å². The van der Waals surface area contributed by atoms with Crippen LogP contribution in [0.15, 0.2) is 78.9 Å². The van der Waals surface area contributed by atoms with E-state index < -0.39 is 5.97 Å². The number of hydrogen-bond acceptors (Lipinski definition) is 5. The molecule has 3 aromatic carbocycles. The molecular weight excluding hydrogens is 452 g/mol. The Bertz CT molecular complexity index is 1460. The third-order valence-electron chi connectivity index (χ3n) is 6.29. The fourth-order valence-electron chi connectivity index (χ4n) is 4.56. The smallest absolute Gasteiger partial charge is 0.339 e. The van der Waals surface area contributed by atoms with Gasteiger partial charge in [0.05, 0.1) is 23.9 Å². The van der Waals surface area contributed by atoms with Gasteiger partial charge in [0, 0.05) is 17.5 Å². The van der Waals surface area contributed by atoms with Gasteiger partial charge in [-0.3, -0.25) is 4.79 Å². The molecule has 36 heavy (non-hydrogen) atoms. The molecule has 180 valence electrons. The molecule has 0 fully saturated rings. The van der Waals surface area contributed by atoms with Gasteiger partial charge in [-0.05, 0) is 47.8 Å². The number of carbonyl (C=O) groups excluding carboxylic acids is 2. The quantitative estimate of drug-likeness (QED) is 0.369. The van der Waals surface area contributed by atoms with E-state index in [0.29, 0.717) is 17.7 Å². The van der Waals surface area contributed by atoms with Crippen LogP contribution in [-0.2, 0) is 22.5 Å². The van der Waals surface area contributed by atoms with E-state index in [9.17, 15) is 9.59 Å². The number of methoxy groups -OCH3 is 1. The van der Waals surface area contributed by atoms with Gasteiger partial charge in [0.25, 0.3) is 5.91 Å². The molecule has 0 saturated carbocycles. The summed E-state index contributed by atoms with van der Waals surface area (Å²) < 4.78 is 10.8. The summed E-state index contributed by atoms with van der Waals surface area (Å²) in [5.41, 5.74) is 5.93. The lowest BCUT2D eigenvalue weighted by Crippen LogP contribution is -2.28. The van der Waals surface area contributed by atoms with Crippen molar-refractivity contribution in [3.8, 4) is 5.75 Å². The zero-order valence-electron chi connectivity index (χ0n) is 20.0. The minimum Gasteiger partial charge on any atom is -0.496 e. The molecule has 6 heteroatoms. The summed E-state index contributed by atoms with van der Waals surface area (Å²) in [6.07, 6.45) is 3.59. The highest BCUT2D eigenvalue weighted by atomic mass is 16.5. The molecule has 0 bridgehead atoms. The van der Waals surface area contributed by atoms with E-state index in [1.165, 1.54) is 0 Å². The molecule has 5 rings (SSSR count). The number of fused-ring (bicyclic) bond motifs is 2. The molecular formula is C30H26N2O4. The summed E-state index contributed by atoms with van der Waals surface area (Å²) in [6.45, 7) is -0.0895. The number of hydrogen-bond donors (Lipinski definition) is 1. The lowest BCUT2D eigenvalue weighted by molar-refractivity contribution is -0.124. The van der Waals surface area contributed by atoms with Crippen LogP contribution in [0.25, 0.3) is 22.6 Å². The van der Waals surface area contributed by atoms with E-state index in [-0.39, 0.29) is 19.1 Å². The number of allylic oxidation sites excluding steroid dienone is 1. The fraction of sp³-hybridized carbons (Fsp3) is 0.167. The summed E-state index contributed by atoms with van der Waals surface area (Å²) in [5, 5.41) is 3.52. The third-order valence-corrected chi connectivity index (χ3v) is 6.29. The maximum Gasteiger partial charge on any atom is 0.339 e. The highest BCUT2D eigenvalue weighted by Crippen LogP contribution is 2.37. The topological polar surface area (TPSA) is 77.5 Å². The number of esters is 1. The van der Waals surface area contributed by atoms with Crippen molar-refractivity contribution in [2.24, 2.45) is 0 Å². The third kappa shape index (κ3) is 4.84. The van der Waals surface area contributed by atoms with Crippen LogP contribution in [0.2, 0.25) is 0 Å². The maximum absolute atomic E-state index is 13.3. The first-order valence-corrected chi connectivity index (χ1v) is 11.9. The average molecular weight is 479 g/mol. The molecule has 6 nitrogen and oxygen atoms in total. The molecule has 1 aliphatic rings. The number of amides is 1. The van der Waals surface area contributed by atoms with Crippen LogP contribution in [0.4, 0.5) is 0 Å². The molecule has 0 atom stereocenters. The van der Waals surface area contributed by atoms with E-state index >= 15 is 0 Å². The van der Waals surface area contributed by atoms with Crippen molar-refractivity contribution >= 4 is 34.4 Å². The first-order chi connectivity index (χ1) is 17.6. The highest BCUT2D eigenvalue weighted by molar-refractivity contribution is 6.07. The molecule has 0 spiro atoms. The van der Waals surface area contributed by atoms with Crippen LogP contribution < -0.4 is 10.1 Å². The number of pyridine rings is 1. The molecule has 0 unspecified atom stereocenters. The number of carbonyl (C=O) groups is 2. The first kappa shape index (κ1) is 23.3. The van der Waals surface area contributed by atoms with Gasteiger partial charge in [-0.25, -0.2) is 9.78 Å². The number of rotatable bonds is 7. The zero-order chi connectivity index (χ0) is 24.9. The van der Waals surface area contributed by atoms with Gasteiger partial charge in [-0.2, -0.15) is 0 Å². The second-order valence-corrected chi connectivity index (χ2v) is 8.58. The molecule has 1 aromatic heterocycles.